The molecule has 0 heterocycles. The molecule has 0 saturated heterocycles. The Hall–Kier alpha value is -3.50. The fourth-order valence-corrected chi connectivity index (χ4v) is 5.64. The van der Waals surface area contributed by atoms with Crippen LogP contribution in [0.1, 0.15) is 22.3 Å². The number of thioether (sulfide) groups is 1. The molecule has 0 spiro atoms. The van der Waals surface area contributed by atoms with Crippen LogP contribution >= 0.6 is 11.8 Å². The Bertz CT molecular complexity index is 1040. The molecule has 0 radical (unpaired) electrons. The van der Waals surface area contributed by atoms with Gasteiger partial charge >= 0.3 is 0 Å². The van der Waals surface area contributed by atoms with Gasteiger partial charge in [0.1, 0.15) is 6.09 Å². The lowest BCUT2D eigenvalue weighted by atomic mass is 9.84. The van der Waals surface area contributed by atoms with E-state index in [2.05, 4.69) is 72.8 Å². The average molecular weight is 453 g/mol. The third kappa shape index (κ3) is 5.29. The van der Waals surface area contributed by atoms with E-state index in [0.29, 0.717) is 18.8 Å². The zero-order valence-electron chi connectivity index (χ0n) is 18.3. The summed E-state index contributed by atoms with van der Waals surface area (Å²) in [5.74, 6) is 0.611. The first-order chi connectivity index (χ1) is 16.2. The smallest absolute Gasteiger partial charge is 0.137 e. The summed E-state index contributed by atoms with van der Waals surface area (Å²) in [4.78, 5) is 13.3. The topological polar surface area (TPSA) is 43.4 Å². The van der Waals surface area contributed by atoms with E-state index >= 15 is 0 Å². The molecule has 0 aliphatic heterocycles. The molecule has 166 valence electrons. The van der Waals surface area contributed by atoms with Gasteiger partial charge in [-0.3, -0.25) is 0 Å². The molecule has 4 aromatic rings. The first-order valence-electron chi connectivity index (χ1n) is 11.0. The highest BCUT2D eigenvalue weighted by Crippen LogP contribution is 2.48. The van der Waals surface area contributed by atoms with Crippen LogP contribution in [0.3, 0.4) is 0 Å². The van der Waals surface area contributed by atoms with E-state index in [4.69, 9.17) is 0 Å². The lowest BCUT2D eigenvalue weighted by Crippen LogP contribution is -2.42. The number of hydrogen-bond donors (Lipinski definition) is 0. The third-order valence-electron chi connectivity index (χ3n) is 5.70. The second-order valence-electron chi connectivity index (χ2n) is 7.80. The number of benzene rings is 4. The Morgan fingerprint density at radius 2 is 1.06 bits per heavy atom. The summed E-state index contributed by atoms with van der Waals surface area (Å²) in [5.41, 5.74) is 4.44. The Morgan fingerprint density at radius 1 is 0.667 bits per heavy atom. The quantitative estimate of drug-likeness (QED) is 0.312. The predicted octanol–water partition coefficient (Wildman–Crippen LogP) is 5.56. The molecule has 0 atom stereocenters. The second-order valence-corrected chi connectivity index (χ2v) is 9.11. The number of nitrogens with zero attached hydrogens (tertiary/aromatic N) is 1. The van der Waals surface area contributed by atoms with Gasteiger partial charge in [0, 0.05) is 18.8 Å². The molecule has 0 N–H and O–H groups in total. The van der Waals surface area contributed by atoms with E-state index in [1.54, 1.807) is 11.8 Å². The average Bonchev–Trinajstić information content (AvgIpc) is 2.88. The van der Waals surface area contributed by atoms with Crippen molar-refractivity contribution in [2.24, 2.45) is 0 Å². The van der Waals surface area contributed by atoms with Crippen LogP contribution in [-0.4, -0.2) is 23.3 Å². The monoisotopic (exact) mass is 452 g/mol. The molecule has 0 aromatic heterocycles. The van der Waals surface area contributed by atoms with Crippen LogP contribution in [0.2, 0.25) is 0 Å². The van der Waals surface area contributed by atoms with Crippen LogP contribution in [0.25, 0.3) is 0 Å². The van der Waals surface area contributed by atoms with E-state index in [-0.39, 0.29) is 0 Å². The SMILES string of the molecule is O=C([O-])N(CCSC(c1ccccc1)(c1ccccc1)c1ccccc1)Cc1ccccc1. The van der Waals surface area contributed by atoms with Gasteiger partial charge in [-0.15, -0.1) is 11.8 Å². The molecular formula is C29H26NO2S-. The Kier molecular flexibility index (Phi) is 7.48. The van der Waals surface area contributed by atoms with Gasteiger partial charge in [-0.1, -0.05) is 121 Å². The normalized spacial score (nSPS) is 11.2. The summed E-state index contributed by atoms with van der Waals surface area (Å²) in [6.45, 7) is 0.689. The van der Waals surface area contributed by atoms with Crippen molar-refractivity contribution < 1.29 is 9.90 Å². The zero-order chi connectivity index (χ0) is 22.9. The fourth-order valence-electron chi connectivity index (χ4n) is 4.12. The minimum atomic E-state index is -1.15. The molecule has 0 aliphatic carbocycles. The maximum atomic E-state index is 11.9. The number of carbonyl (C=O) groups is 1. The van der Waals surface area contributed by atoms with Crippen LogP contribution < -0.4 is 5.11 Å². The molecule has 3 nitrogen and oxygen atoms in total. The first kappa shape index (κ1) is 22.7. The van der Waals surface area contributed by atoms with Crippen molar-refractivity contribution in [3.63, 3.8) is 0 Å². The molecule has 0 bridgehead atoms. The first-order valence-corrected chi connectivity index (χ1v) is 12.0. The summed E-state index contributed by atoms with van der Waals surface area (Å²) in [6.07, 6.45) is -1.15. The molecule has 0 saturated carbocycles. The van der Waals surface area contributed by atoms with E-state index < -0.39 is 10.8 Å². The van der Waals surface area contributed by atoms with Gasteiger partial charge in [0.15, 0.2) is 0 Å². The third-order valence-corrected chi connectivity index (χ3v) is 7.22. The molecular weight excluding hydrogens is 426 g/mol. The molecule has 4 aromatic carbocycles. The summed E-state index contributed by atoms with van der Waals surface area (Å²) in [7, 11) is 0. The van der Waals surface area contributed by atoms with Crippen molar-refractivity contribution >= 4 is 17.9 Å². The minimum Gasteiger partial charge on any atom is -0.530 e. The van der Waals surface area contributed by atoms with Gasteiger partial charge in [0.05, 0.1) is 4.75 Å². The van der Waals surface area contributed by atoms with E-state index in [0.717, 1.165) is 22.3 Å². The highest BCUT2D eigenvalue weighted by molar-refractivity contribution is 8.00. The van der Waals surface area contributed by atoms with Crippen molar-refractivity contribution in [1.29, 1.82) is 0 Å². The van der Waals surface area contributed by atoms with Crippen LogP contribution in [0.5, 0.6) is 0 Å². The van der Waals surface area contributed by atoms with Crippen molar-refractivity contribution in [1.82, 2.24) is 4.90 Å². The highest BCUT2D eigenvalue weighted by Gasteiger charge is 2.36. The number of amides is 1. The second kappa shape index (κ2) is 10.9. The number of hydrogen-bond acceptors (Lipinski definition) is 3. The highest BCUT2D eigenvalue weighted by atomic mass is 32.2. The Balaban J connectivity index is 1.67. The fraction of sp³-hybridized carbons (Fsp3) is 0.138. The van der Waals surface area contributed by atoms with Crippen LogP contribution in [0, 0.1) is 0 Å². The summed E-state index contributed by atoms with van der Waals surface area (Å²) < 4.78 is -0.464. The molecule has 0 fully saturated rings. The lowest BCUT2D eigenvalue weighted by Gasteiger charge is -2.36. The van der Waals surface area contributed by atoms with Crippen molar-refractivity contribution in [2.75, 3.05) is 12.3 Å². The van der Waals surface area contributed by atoms with E-state index in [1.165, 1.54) is 4.90 Å². The maximum Gasteiger partial charge on any atom is 0.137 e. The Labute approximate surface area is 199 Å². The largest absolute Gasteiger partial charge is 0.530 e. The van der Waals surface area contributed by atoms with E-state index in [9.17, 15) is 9.90 Å². The molecule has 1 amide bonds. The molecule has 4 rings (SSSR count). The zero-order valence-corrected chi connectivity index (χ0v) is 19.2. The van der Waals surface area contributed by atoms with Gasteiger partial charge in [-0.05, 0) is 22.3 Å². The summed E-state index contributed by atoms with van der Waals surface area (Å²) in [5, 5.41) is 11.9. The van der Waals surface area contributed by atoms with Gasteiger partial charge in [0.25, 0.3) is 0 Å². The Morgan fingerprint density at radius 3 is 1.45 bits per heavy atom. The summed E-state index contributed by atoms with van der Waals surface area (Å²) >= 11 is 1.75. The summed E-state index contributed by atoms with van der Waals surface area (Å²) in [6, 6.07) is 40.9. The minimum absolute atomic E-state index is 0.318. The lowest BCUT2D eigenvalue weighted by molar-refractivity contribution is -0.266. The van der Waals surface area contributed by atoms with Crippen molar-refractivity contribution in [2.45, 2.75) is 11.3 Å². The molecule has 33 heavy (non-hydrogen) atoms. The number of carbonyl (C=O) groups excluding carboxylic acids is 1. The van der Waals surface area contributed by atoms with Crippen molar-refractivity contribution in [3.05, 3.63) is 144 Å². The number of rotatable bonds is 9. The van der Waals surface area contributed by atoms with Gasteiger partial charge in [0.2, 0.25) is 0 Å². The van der Waals surface area contributed by atoms with Gasteiger partial charge in [-0.25, -0.2) is 0 Å². The van der Waals surface area contributed by atoms with Crippen LogP contribution in [-0.2, 0) is 11.3 Å². The predicted molar refractivity (Wildman–Crippen MR) is 134 cm³/mol. The van der Waals surface area contributed by atoms with Gasteiger partial charge in [-0.2, -0.15) is 0 Å². The molecule has 0 unspecified atom stereocenters. The number of carboxylic acid groups (broad SMARTS) is 1. The van der Waals surface area contributed by atoms with Crippen LogP contribution in [0.4, 0.5) is 4.79 Å². The van der Waals surface area contributed by atoms with Crippen LogP contribution in [0.15, 0.2) is 121 Å². The standard InChI is InChI=1S/C29H27NO2S/c31-28(32)30(23-24-13-5-1-6-14-24)21-22-33-29(25-15-7-2-8-16-25,26-17-9-3-10-18-26)27-19-11-4-12-20-27/h1-20H,21-23H2,(H,31,32)/p-1. The maximum absolute atomic E-state index is 11.9. The van der Waals surface area contributed by atoms with E-state index in [1.807, 2.05) is 48.5 Å². The van der Waals surface area contributed by atoms with Gasteiger partial charge < -0.3 is 14.8 Å². The molecule has 4 heteroatoms. The molecule has 0 aliphatic rings. The van der Waals surface area contributed by atoms with Crippen molar-refractivity contribution in [3.8, 4) is 0 Å².